The van der Waals surface area contributed by atoms with E-state index in [0.29, 0.717) is 22.3 Å². The maximum absolute atomic E-state index is 12.6. The number of ketones is 1. The van der Waals surface area contributed by atoms with Crippen LogP contribution in [0.2, 0.25) is 5.02 Å². The smallest absolute Gasteiger partial charge is 0.261 e. The number of carbonyl (C=O) groups excluding carboxylic acids is 1. The number of hydrogen-bond acceptors (Lipinski definition) is 6. The first-order valence-electron chi connectivity index (χ1n) is 8.15. The van der Waals surface area contributed by atoms with E-state index in [4.69, 9.17) is 11.6 Å². The van der Waals surface area contributed by atoms with Gasteiger partial charge in [-0.05, 0) is 37.8 Å². The van der Waals surface area contributed by atoms with Crippen molar-refractivity contribution in [3.05, 3.63) is 33.8 Å². The molecule has 2 atom stereocenters. The Bertz CT molecular complexity index is 865. The number of halogens is 3. The molecule has 3 rings (SSSR count). The van der Waals surface area contributed by atoms with Crippen molar-refractivity contribution in [2.24, 2.45) is 0 Å². The van der Waals surface area contributed by atoms with E-state index in [1.807, 2.05) is 6.26 Å². The molecule has 1 saturated heterocycles. The van der Waals surface area contributed by atoms with E-state index in [2.05, 4.69) is 10.3 Å². The number of rotatable bonds is 5. The van der Waals surface area contributed by atoms with Crippen molar-refractivity contribution >= 4 is 74.0 Å². The van der Waals surface area contributed by atoms with Crippen LogP contribution in [0.15, 0.2) is 28.2 Å². The highest BCUT2D eigenvalue weighted by atomic mass is 79.9. The number of benzene rings is 1. The third-order valence-corrected chi connectivity index (χ3v) is 5.64. The van der Waals surface area contributed by atoms with E-state index in [1.54, 1.807) is 12.1 Å². The third-order valence-electron chi connectivity index (χ3n) is 4.44. The predicted octanol–water partition coefficient (Wildman–Crippen LogP) is 3.00. The summed E-state index contributed by atoms with van der Waals surface area (Å²) in [6.45, 7) is 0.733. The van der Waals surface area contributed by atoms with Gasteiger partial charge in [0, 0.05) is 17.4 Å². The molecule has 0 aliphatic carbocycles. The van der Waals surface area contributed by atoms with Crippen LogP contribution in [0.25, 0.3) is 10.9 Å². The van der Waals surface area contributed by atoms with Gasteiger partial charge < -0.3 is 10.4 Å². The van der Waals surface area contributed by atoms with Gasteiger partial charge in [0.25, 0.3) is 5.56 Å². The lowest BCUT2D eigenvalue weighted by atomic mass is 9.97. The summed E-state index contributed by atoms with van der Waals surface area (Å²) in [4.78, 5) is 30.1. The van der Waals surface area contributed by atoms with Gasteiger partial charge in [-0.1, -0.05) is 11.6 Å². The summed E-state index contributed by atoms with van der Waals surface area (Å²) in [6.07, 6.45) is 4.56. The summed E-state index contributed by atoms with van der Waals surface area (Å²) in [7, 11) is 0. The summed E-state index contributed by atoms with van der Waals surface area (Å²) >= 11 is 7.66. The molecule has 27 heavy (non-hydrogen) atoms. The lowest BCUT2D eigenvalue weighted by Crippen LogP contribution is -2.46. The molecule has 6 nitrogen and oxygen atoms in total. The zero-order valence-electron chi connectivity index (χ0n) is 14.7. The molecule has 2 N–H and O–H groups in total. The number of fused-ring (bicyclic) bond motifs is 1. The molecule has 1 aromatic carbocycles. The second kappa shape index (κ2) is 10.9. The van der Waals surface area contributed by atoms with E-state index in [-0.39, 0.29) is 64.3 Å². The van der Waals surface area contributed by atoms with Crippen LogP contribution in [0.3, 0.4) is 0 Å². The number of hydrogen-bond donors (Lipinski definition) is 2. The van der Waals surface area contributed by atoms with Crippen molar-refractivity contribution in [1.29, 1.82) is 0 Å². The molecular weight excluding hydrogens is 522 g/mol. The van der Waals surface area contributed by atoms with Crippen LogP contribution in [-0.2, 0) is 11.3 Å². The average Bonchev–Trinajstić information content (AvgIpc) is 2.59. The second-order valence-electron chi connectivity index (χ2n) is 6.19. The summed E-state index contributed by atoms with van der Waals surface area (Å²) in [5.41, 5.74) is 0.275. The Morgan fingerprint density at radius 1 is 1.44 bits per heavy atom. The molecule has 0 radical (unpaired) electrons. The maximum atomic E-state index is 12.6. The molecule has 1 aliphatic rings. The van der Waals surface area contributed by atoms with Gasteiger partial charge in [-0.25, -0.2) is 4.98 Å². The Balaban J connectivity index is 0.00000182. The quantitative estimate of drug-likeness (QED) is 0.565. The van der Waals surface area contributed by atoms with Gasteiger partial charge in [-0.15, -0.1) is 45.7 Å². The first-order chi connectivity index (χ1) is 12.0. The first-order valence-corrected chi connectivity index (χ1v) is 9.75. The van der Waals surface area contributed by atoms with E-state index < -0.39 is 6.10 Å². The van der Waals surface area contributed by atoms with Gasteiger partial charge in [-0.2, -0.15) is 0 Å². The molecule has 0 spiro atoms. The summed E-state index contributed by atoms with van der Waals surface area (Å²) in [6, 6.07) is 3.13. The second-order valence-corrected chi connectivity index (χ2v) is 7.45. The van der Waals surface area contributed by atoms with Crippen molar-refractivity contribution in [2.45, 2.75) is 42.8 Å². The van der Waals surface area contributed by atoms with Crippen LogP contribution in [0.1, 0.15) is 19.3 Å². The topological polar surface area (TPSA) is 84.2 Å². The first kappa shape index (κ1) is 24.6. The van der Waals surface area contributed by atoms with Crippen molar-refractivity contribution < 1.29 is 9.90 Å². The number of piperidine rings is 1. The van der Waals surface area contributed by atoms with Crippen LogP contribution < -0.4 is 10.9 Å². The molecule has 0 saturated carbocycles. The fraction of sp³-hybridized carbons (Fsp3) is 0.471. The number of aliphatic hydroxyl groups is 1. The normalized spacial score (nSPS) is 19.2. The lowest BCUT2D eigenvalue weighted by Gasteiger charge is -2.28. The van der Waals surface area contributed by atoms with E-state index in [0.717, 1.165) is 17.9 Å². The van der Waals surface area contributed by atoms with Gasteiger partial charge in [0.1, 0.15) is 0 Å². The van der Waals surface area contributed by atoms with Crippen LogP contribution in [0.5, 0.6) is 0 Å². The molecule has 10 heteroatoms. The molecule has 1 aliphatic heterocycles. The van der Waals surface area contributed by atoms with Crippen molar-refractivity contribution in [3.63, 3.8) is 0 Å². The number of aliphatic hydroxyl groups excluding tert-OH is 1. The highest BCUT2D eigenvalue weighted by molar-refractivity contribution is 8.93. The minimum Gasteiger partial charge on any atom is -0.391 e. The highest BCUT2D eigenvalue weighted by Gasteiger charge is 2.25. The van der Waals surface area contributed by atoms with E-state index in [1.165, 1.54) is 22.7 Å². The molecule has 0 bridgehead atoms. The van der Waals surface area contributed by atoms with Gasteiger partial charge in [0.15, 0.2) is 5.78 Å². The van der Waals surface area contributed by atoms with Crippen molar-refractivity contribution in [2.75, 3.05) is 12.8 Å². The summed E-state index contributed by atoms with van der Waals surface area (Å²) in [5.74, 6) is -0.117. The number of Topliss-reactive ketones (excluding diaryl/α,β-unsaturated/α-hetero) is 1. The number of nitrogens with one attached hydrogen (secondary N) is 1. The average molecular weight is 544 g/mol. The van der Waals surface area contributed by atoms with Crippen LogP contribution in [-0.4, -0.2) is 45.4 Å². The number of aromatic nitrogens is 2. The van der Waals surface area contributed by atoms with Crippen LogP contribution in [0, 0.1) is 0 Å². The van der Waals surface area contributed by atoms with Gasteiger partial charge in [-0.3, -0.25) is 14.2 Å². The zero-order valence-corrected chi connectivity index (χ0v) is 19.7. The van der Waals surface area contributed by atoms with Crippen molar-refractivity contribution in [1.82, 2.24) is 14.9 Å². The Labute approximate surface area is 187 Å². The number of thioether (sulfide) groups is 1. The monoisotopic (exact) mass is 541 g/mol. The van der Waals surface area contributed by atoms with E-state index >= 15 is 0 Å². The third kappa shape index (κ3) is 5.77. The Hall–Kier alpha value is -0.450. The Kier molecular flexibility index (Phi) is 9.95. The minimum absolute atomic E-state index is 0. The Morgan fingerprint density at radius 2 is 2.19 bits per heavy atom. The minimum atomic E-state index is -0.520. The summed E-state index contributed by atoms with van der Waals surface area (Å²) in [5, 5.41) is 14.0. The Morgan fingerprint density at radius 3 is 2.85 bits per heavy atom. The molecule has 1 fully saturated rings. The largest absolute Gasteiger partial charge is 0.391 e. The fourth-order valence-corrected chi connectivity index (χ4v) is 3.95. The fourth-order valence-electron chi connectivity index (χ4n) is 3.07. The maximum Gasteiger partial charge on any atom is 0.261 e. The molecule has 0 amide bonds. The SMILES string of the molecule is Br.Br.CSc1cc2ncn(CC(=O)CC3NCCCC3O)c(=O)c2cc1Cl. The molecule has 2 unspecified atom stereocenters. The van der Waals surface area contributed by atoms with Gasteiger partial charge >= 0.3 is 0 Å². The number of carbonyl (C=O) groups is 1. The van der Waals surface area contributed by atoms with Gasteiger partial charge in [0.05, 0.1) is 34.9 Å². The standard InChI is InChI=1S/C17H20ClN3O3S.2BrH/c1-25-16-7-13-11(6-12(16)18)17(24)21(9-20-13)8-10(22)5-14-15(23)3-2-4-19-14;;/h6-7,9,14-15,19,23H,2-5,8H2,1H3;2*1H. The van der Waals surface area contributed by atoms with E-state index in [9.17, 15) is 14.7 Å². The molecule has 1 aromatic heterocycles. The molecule has 2 aromatic rings. The van der Waals surface area contributed by atoms with Gasteiger partial charge in [0.2, 0.25) is 0 Å². The van der Waals surface area contributed by atoms with Crippen LogP contribution >= 0.6 is 57.3 Å². The number of nitrogens with zero attached hydrogens (tertiary/aromatic N) is 2. The lowest BCUT2D eigenvalue weighted by molar-refractivity contribution is -0.121. The predicted molar refractivity (Wildman–Crippen MR) is 120 cm³/mol. The molecule has 2 heterocycles. The molecule has 150 valence electrons. The van der Waals surface area contributed by atoms with Crippen molar-refractivity contribution in [3.8, 4) is 0 Å². The molecular formula is C17H22Br2ClN3O3S. The highest BCUT2D eigenvalue weighted by Crippen LogP contribution is 2.28. The zero-order chi connectivity index (χ0) is 18.0. The van der Waals surface area contributed by atoms with Crippen LogP contribution in [0.4, 0.5) is 0 Å². The summed E-state index contributed by atoms with van der Waals surface area (Å²) < 4.78 is 1.30.